The van der Waals surface area contributed by atoms with Crippen LogP contribution < -0.4 is 10.1 Å². The summed E-state index contributed by atoms with van der Waals surface area (Å²) in [7, 11) is 0. The number of hydrogen-bond donors (Lipinski definition) is 2. The number of amides is 1. The molecular formula is C33H30ClNO4S. The Labute approximate surface area is 243 Å². The lowest BCUT2D eigenvalue weighted by Crippen LogP contribution is -2.41. The number of carbonyl (C=O) groups is 2. The molecule has 0 saturated heterocycles. The quantitative estimate of drug-likeness (QED) is 0.177. The molecule has 1 amide bonds. The molecule has 0 bridgehead atoms. The fourth-order valence-corrected chi connectivity index (χ4v) is 4.77. The van der Waals surface area contributed by atoms with Gasteiger partial charge in [0.15, 0.2) is 0 Å². The van der Waals surface area contributed by atoms with Gasteiger partial charge in [-0.1, -0.05) is 66.2 Å². The second kappa shape index (κ2) is 13.9. The molecule has 4 aromatic rings. The Balaban J connectivity index is 1.57. The van der Waals surface area contributed by atoms with Crippen LogP contribution in [0.25, 0.3) is 23.3 Å². The van der Waals surface area contributed by atoms with E-state index in [9.17, 15) is 14.7 Å². The number of rotatable bonds is 11. The summed E-state index contributed by atoms with van der Waals surface area (Å²) >= 11 is 7.49. The second-order valence-electron chi connectivity index (χ2n) is 9.22. The van der Waals surface area contributed by atoms with Gasteiger partial charge in [0.25, 0.3) is 5.91 Å². The summed E-state index contributed by atoms with van der Waals surface area (Å²) in [6.07, 6.45) is 6.24. The summed E-state index contributed by atoms with van der Waals surface area (Å²) < 4.78 is 5.87. The molecule has 204 valence electrons. The third-order valence-corrected chi connectivity index (χ3v) is 7.23. The van der Waals surface area contributed by atoms with E-state index in [1.807, 2.05) is 98.1 Å². The second-order valence-corrected chi connectivity index (χ2v) is 10.6. The highest BCUT2D eigenvalue weighted by atomic mass is 35.5. The fourth-order valence-electron chi connectivity index (χ4n) is 4.17. The van der Waals surface area contributed by atoms with Crippen LogP contribution in [-0.2, 0) is 4.79 Å². The van der Waals surface area contributed by atoms with E-state index in [1.54, 1.807) is 30.0 Å². The van der Waals surface area contributed by atoms with E-state index in [-0.39, 0.29) is 0 Å². The van der Waals surface area contributed by atoms with Crippen molar-refractivity contribution < 1.29 is 19.4 Å². The first-order valence-electron chi connectivity index (χ1n) is 12.8. The largest absolute Gasteiger partial charge is 0.480 e. The van der Waals surface area contributed by atoms with E-state index in [1.165, 1.54) is 0 Å². The number of aliphatic carboxylic acids is 1. The predicted octanol–water partition coefficient (Wildman–Crippen LogP) is 8.21. The lowest BCUT2D eigenvalue weighted by Gasteiger charge is -2.17. The van der Waals surface area contributed by atoms with Crippen molar-refractivity contribution >= 4 is 47.4 Å². The summed E-state index contributed by atoms with van der Waals surface area (Å²) in [5.74, 6) is 0.621. The molecule has 1 atom stereocenters. The molecule has 0 heterocycles. The van der Waals surface area contributed by atoms with Crippen molar-refractivity contribution in [3.63, 3.8) is 0 Å². The summed E-state index contributed by atoms with van der Waals surface area (Å²) in [6, 6.07) is 27.4. The van der Waals surface area contributed by atoms with E-state index in [0.717, 1.165) is 27.8 Å². The lowest BCUT2D eigenvalue weighted by molar-refractivity contribution is -0.139. The predicted molar refractivity (Wildman–Crippen MR) is 165 cm³/mol. The van der Waals surface area contributed by atoms with Crippen LogP contribution in [0, 0.1) is 6.92 Å². The molecule has 0 aromatic heterocycles. The fraction of sp³-hybridized carbons (Fsp3) is 0.152. The Morgan fingerprint density at radius 3 is 2.17 bits per heavy atom. The highest BCUT2D eigenvalue weighted by Crippen LogP contribution is 2.29. The van der Waals surface area contributed by atoms with Crippen molar-refractivity contribution in [1.29, 1.82) is 0 Å². The van der Waals surface area contributed by atoms with Gasteiger partial charge >= 0.3 is 5.97 Å². The minimum atomic E-state index is -1.04. The van der Waals surface area contributed by atoms with Gasteiger partial charge < -0.3 is 15.2 Å². The normalized spacial score (nSPS) is 11.8. The van der Waals surface area contributed by atoms with E-state index in [2.05, 4.69) is 5.32 Å². The van der Waals surface area contributed by atoms with Gasteiger partial charge in [-0.3, -0.25) is 4.79 Å². The van der Waals surface area contributed by atoms with Gasteiger partial charge in [-0.2, -0.15) is 11.8 Å². The highest BCUT2D eigenvalue weighted by molar-refractivity contribution is 7.98. The topological polar surface area (TPSA) is 75.6 Å². The third kappa shape index (κ3) is 7.78. The van der Waals surface area contributed by atoms with Crippen molar-refractivity contribution in [2.24, 2.45) is 0 Å². The first-order valence-corrected chi connectivity index (χ1v) is 14.6. The Morgan fingerprint density at radius 2 is 1.52 bits per heavy atom. The number of hydrogen-bond acceptors (Lipinski definition) is 4. The number of carboxylic acids is 1. The Kier molecular flexibility index (Phi) is 10.1. The summed E-state index contributed by atoms with van der Waals surface area (Å²) in [5, 5.41) is 13.0. The lowest BCUT2D eigenvalue weighted by atomic mass is 9.93. The van der Waals surface area contributed by atoms with Crippen molar-refractivity contribution in [2.75, 3.05) is 12.0 Å². The first kappa shape index (κ1) is 29.0. The van der Waals surface area contributed by atoms with Crippen LogP contribution in [0.15, 0.2) is 91.0 Å². The van der Waals surface area contributed by atoms with Crippen LogP contribution in [0.2, 0.25) is 5.02 Å². The third-order valence-electron chi connectivity index (χ3n) is 6.34. The Hall–Kier alpha value is -4.00. The van der Waals surface area contributed by atoms with Crippen molar-refractivity contribution in [1.82, 2.24) is 5.32 Å². The first-order chi connectivity index (χ1) is 19.3. The van der Waals surface area contributed by atoms with E-state index in [0.29, 0.717) is 34.3 Å². The molecular weight excluding hydrogens is 542 g/mol. The maximum atomic E-state index is 13.3. The van der Waals surface area contributed by atoms with Gasteiger partial charge in [0.1, 0.15) is 17.5 Å². The molecule has 7 heteroatoms. The highest BCUT2D eigenvalue weighted by Gasteiger charge is 2.22. The van der Waals surface area contributed by atoms with Crippen LogP contribution in [0.5, 0.6) is 11.5 Å². The van der Waals surface area contributed by atoms with Crippen LogP contribution in [0.3, 0.4) is 0 Å². The molecule has 5 nitrogen and oxygen atoms in total. The molecule has 1 unspecified atom stereocenters. The van der Waals surface area contributed by atoms with Crippen LogP contribution >= 0.6 is 23.4 Å². The molecule has 0 aliphatic carbocycles. The maximum Gasteiger partial charge on any atom is 0.326 e. The zero-order valence-electron chi connectivity index (χ0n) is 22.3. The SMILES string of the molecule is CSCCC(NC(=O)c1ccc(C=Cc2ccc(Oc3ccc(Cl)cc3)cc2)cc1-c1ccccc1C)C(=O)O. The average Bonchev–Trinajstić information content (AvgIpc) is 2.96. The van der Waals surface area contributed by atoms with Gasteiger partial charge in [-0.15, -0.1) is 0 Å². The smallest absolute Gasteiger partial charge is 0.326 e. The number of carboxylic acid groups (broad SMARTS) is 1. The zero-order chi connectivity index (χ0) is 28.5. The van der Waals surface area contributed by atoms with Crippen molar-refractivity contribution in [2.45, 2.75) is 19.4 Å². The van der Waals surface area contributed by atoms with Gasteiger partial charge in [0, 0.05) is 10.6 Å². The summed E-state index contributed by atoms with van der Waals surface area (Å²) in [6.45, 7) is 1.99. The Morgan fingerprint density at radius 1 is 0.900 bits per heavy atom. The average molecular weight is 572 g/mol. The van der Waals surface area contributed by atoms with Crippen LogP contribution in [0.4, 0.5) is 0 Å². The van der Waals surface area contributed by atoms with Gasteiger partial charge in [0.05, 0.1) is 0 Å². The van der Waals surface area contributed by atoms with E-state index in [4.69, 9.17) is 16.3 Å². The number of carbonyl (C=O) groups excluding carboxylic acids is 1. The summed E-state index contributed by atoms with van der Waals surface area (Å²) in [4.78, 5) is 25.0. The minimum absolute atomic E-state index is 0.353. The molecule has 0 aliphatic heterocycles. The van der Waals surface area contributed by atoms with Crippen LogP contribution in [0.1, 0.15) is 33.5 Å². The van der Waals surface area contributed by atoms with Gasteiger partial charge in [-0.25, -0.2) is 4.79 Å². The standard InChI is InChI=1S/C33H30ClNO4S/c1-22-5-3-4-6-28(22)30-21-24(11-18-29(30)32(36)35-31(33(37)38)19-20-40-2)8-7-23-9-14-26(15-10-23)39-27-16-12-25(34)13-17-27/h3-18,21,31H,19-20H2,1-2H3,(H,35,36)(H,37,38). The number of benzene rings is 4. The molecule has 0 aliphatic rings. The van der Waals surface area contributed by atoms with Crippen molar-refractivity contribution in [3.05, 3.63) is 118 Å². The molecule has 40 heavy (non-hydrogen) atoms. The van der Waals surface area contributed by atoms with E-state index >= 15 is 0 Å². The van der Waals surface area contributed by atoms with Gasteiger partial charge in [0.2, 0.25) is 0 Å². The Bertz CT molecular complexity index is 1500. The number of ether oxygens (including phenoxy) is 1. The maximum absolute atomic E-state index is 13.3. The van der Waals surface area contributed by atoms with E-state index < -0.39 is 17.9 Å². The molecule has 0 fully saturated rings. The van der Waals surface area contributed by atoms with Crippen LogP contribution in [-0.4, -0.2) is 35.0 Å². The molecule has 0 radical (unpaired) electrons. The number of aryl methyl sites for hydroxylation is 1. The number of nitrogens with one attached hydrogen (secondary N) is 1. The monoisotopic (exact) mass is 571 g/mol. The molecule has 2 N–H and O–H groups in total. The van der Waals surface area contributed by atoms with Crippen molar-refractivity contribution in [3.8, 4) is 22.6 Å². The summed E-state index contributed by atoms with van der Waals surface area (Å²) in [5.41, 5.74) is 5.02. The number of thioether (sulfide) groups is 1. The number of halogens is 1. The zero-order valence-corrected chi connectivity index (χ0v) is 23.8. The molecule has 0 saturated carbocycles. The van der Waals surface area contributed by atoms with Gasteiger partial charge in [-0.05, 0) is 102 Å². The molecule has 4 aromatic carbocycles. The minimum Gasteiger partial charge on any atom is -0.480 e. The molecule has 0 spiro atoms. The molecule has 4 rings (SSSR count).